The van der Waals surface area contributed by atoms with Gasteiger partial charge in [0.25, 0.3) is 10.0 Å². The number of benzene rings is 2. The lowest BCUT2D eigenvalue weighted by Crippen LogP contribution is -2.58. The van der Waals surface area contributed by atoms with Gasteiger partial charge in [-0.25, -0.2) is 4.98 Å². The van der Waals surface area contributed by atoms with Gasteiger partial charge in [-0.15, -0.1) is 0 Å². The maximum Gasteiger partial charge on any atom is 0.433 e. The van der Waals surface area contributed by atoms with Gasteiger partial charge in [0.05, 0.1) is 43.6 Å². The Morgan fingerprint density at radius 2 is 1.68 bits per heavy atom. The van der Waals surface area contributed by atoms with E-state index in [1.165, 1.54) is 30.8 Å². The summed E-state index contributed by atoms with van der Waals surface area (Å²) in [6.45, 7) is 3.04. The molecule has 0 spiro atoms. The third-order valence-electron chi connectivity index (χ3n) is 8.72. The average molecular weight is 665 g/mol. The van der Waals surface area contributed by atoms with Gasteiger partial charge < -0.3 is 14.4 Å². The van der Waals surface area contributed by atoms with Crippen molar-refractivity contribution in [2.45, 2.75) is 23.7 Å². The number of piperazine rings is 1. The van der Waals surface area contributed by atoms with Crippen molar-refractivity contribution >= 4 is 21.4 Å². The zero-order chi connectivity index (χ0) is 33.6. The van der Waals surface area contributed by atoms with Crippen molar-refractivity contribution in [1.29, 1.82) is 5.26 Å². The lowest BCUT2D eigenvalue weighted by atomic mass is 9.81. The predicted molar refractivity (Wildman–Crippen MR) is 168 cm³/mol. The molecule has 0 aliphatic carbocycles. The Morgan fingerprint density at radius 3 is 2.32 bits per heavy atom. The highest BCUT2D eigenvalue weighted by molar-refractivity contribution is 7.92. The SMILES string of the molecule is COc1ccc(OC)c(C2(N3CCN(c4ccnc(C(F)(F)F)c4)CC3)CN(S(=O)(=O)c3ccc(C)cn3)c3ccc(C#N)cc32)c1. The number of rotatable bonds is 7. The minimum absolute atomic E-state index is 0.0912. The van der Waals surface area contributed by atoms with Crippen LogP contribution in [0.1, 0.15) is 27.9 Å². The third-order valence-corrected chi connectivity index (χ3v) is 10.4. The van der Waals surface area contributed by atoms with Crippen LogP contribution in [-0.4, -0.2) is 70.2 Å². The highest BCUT2D eigenvalue weighted by Crippen LogP contribution is 2.52. The van der Waals surface area contributed by atoms with Crippen LogP contribution in [0.3, 0.4) is 0 Å². The fraction of sp³-hybridized carbons (Fsp3) is 0.303. The second-order valence-electron chi connectivity index (χ2n) is 11.3. The maximum absolute atomic E-state index is 14.3. The van der Waals surface area contributed by atoms with Crippen LogP contribution in [0.25, 0.3) is 0 Å². The molecule has 14 heteroatoms. The zero-order valence-corrected chi connectivity index (χ0v) is 26.6. The van der Waals surface area contributed by atoms with Crippen molar-refractivity contribution in [3.05, 3.63) is 101 Å². The summed E-state index contributed by atoms with van der Waals surface area (Å²) >= 11 is 0. The van der Waals surface area contributed by atoms with Crippen LogP contribution in [0.5, 0.6) is 11.5 Å². The Bertz CT molecular complexity index is 1960. The second kappa shape index (κ2) is 12.1. The number of nitrogens with zero attached hydrogens (tertiary/aromatic N) is 6. The molecule has 0 amide bonds. The van der Waals surface area contributed by atoms with E-state index in [1.807, 2.05) is 11.8 Å². The van der Waals surface area contributed by atoms with Crippen LogP contribution < -0.4 is 18.7 Å². The van der Waals surface area contributed by atoms with E-state index in [0.717, 1.165) is 17.8 Å². The van der Waals surface area contributed by atoms with Crippen molar-refractivity contribution in [2.75, 3.05) is 56.1 Å². The number of hydrogen-bond donors (Lipinski definition) is 0. The molecule has 1 atom stereocenters. The molecule has 4 aromatic rings. The van der Waals surface area contributed by atoms with E-state index in [9.17, 15) is 26.9 Å². The summed E-state index contributed by atoms with van der Waals surface area (Å²) in [6.07, 6.45) is -1.95. The lowest BCUT2D eigenvalue weighted by Gasteiger charge is -2.47. The normalized spacial score (nSPS) is 18.5. The van der Waals surface area contributed by atoms with Gasteiger partial charge in [0, 0.05) is 55.4 Å². The van der Waals surface area contributed by atoms with Gasteiger partial charge in [0.2, 0.25) is 0 Å². The number of methoxy groups -OCH3 is 2. The highest BCUT2D eigenvalue weighted by atomic mass is 32.2. The number of alkyl halides is 3. The molecule has 0 saturated carbocycles. The molecule has 4 heterocycles. The monoisotopic (exact) mass is 664 g/mol. The smallest absolute Gasteiger partial charge is 0.433 e. The molecule has 0 radical (unpaired) electrons. The molecule has 1 fully saturated rings. The minimum Gasteiger partial charge on any atom is -0.497 e. The summed E-state index contributed by atoms with van der Waals surface area (Å²) in [5.41, 5.74) is 0.899. The molecule has 2 aliphatic rings. The van der Waals surface area contributed by atoms with Gasteiger partial charge in [-0.3, -0.25) is 14.2 Å². The zero-order valence-electron chi connectivity index (χ0n) is 25.8. The van der Waals surface area contributed by atoms with Crippen LogP contribution >= 0.6 is 0 Å². The average Bonchev–Trinajstić information content (AvgIpc) is 3.44. The van der Waals surface area contributed by atoms with Gasteiger partial charge in [-0.2, -0.15) is 26.9 Å². The van der Waals surface area contributed by atoms with Crippen molar-refractivity contribution in [1.82, 2.24) is 14.9 Å². The van der Waals surface area contributed by atoms with E-state index in [4.69, 9.17) is 9.47 Å². The molecule has 10 nitrogen and oxygen atoms in total. The fourth-order valence-corrected chi connectivity index (χ4v) is 7.82. The molecule has 1 unspecified atom stereocenters. The molecular formula is C33H31F3N6O4S. The van der Waals surface area contributed by atoms with Crippen LogP contribution in [0.2, 0.25) is 0 Å². The van der Waals surface area contributed by atoms with Gasteiger partial charge in [-0.05, 0) is 67.1 Å². The van der Waals surface area contributed by atoms with E-state index in [2.05, 4.69) is 20.9 Å². The first-order valence-corrected chi connectivity index (χ1v) is 16.1. The predicted octanol–water partition coefficient (Wildman–Crippen LogP) is 4.97. The maximum atomic E-state index is 14.3. The summed E-state index contributed by atoms with van der Waals surface area (Å²) < 4.78 is 81.7. The number of ether oxygens (including phenoxy) is 2. The molecule has 1 saturated heterocycles. The Morgan fingerprint density at radius 1 is 0.915 bits per heavy atom. The number of hydrogen-bond acceptors (Lipinski definition) is 9. The molecule has 6 rings (SSSR count). The Balaban J connectivity index is 1.51. The molecule has 47 heavy (non-hydrogen) atoms. The van der Waals surface area contributed by atoms with Crippen LogP contribution in [-0.2, 0) is 21.7 Å². The first-order chi connectivity index (χ1) is 22.4. The Hall–Kier alpha value is -4.87. The summed E-state index contributed by atoms with van der Waals surface area (Å²) in [7, 11) is -1.15. The highest BCUT2D eigenvalue weighted by Gasteiger charge is 2.54. The summed E-state index contributed by atoms with van der Waals surface area (Å²) in [5, 5.41) is 9.80. The van der Waals surface area contributed by atoms with E-state index in [-0.39, 0.29) is 11.6 Å². The number of sulfonamides is 1. The van der Waals surface area contributed by atoms with Crippen LogP contribution in [0, 0.1) is 18.3 Å². The first-order valence-electron chi connectivity index (χ1n) is 14.7. The standard InChI is InChI=1S/C33H31F3N6O4S/c1-22-4-9-31(39-20-22)47(43,44)42-21-32(26-16-23(19-37)5-7-28(26)42,27-18-25(45-2)6-8-29(27)46-3)41-14-12-40(13-15-41)24-10-11-38-30(17-24)33(34,35)36/h4-11,16-18,20H,12-15,21H2,1-3H3. The van der Waals surface area contributed by atoms with Crippen molar-refractivity contribution < 1.29 is 31.1 Å². The van der Waals surface area contributed by atoms with Crippen LogP contribution in [0.4, 0.5) is 24.5 Å². The topological polar surface area (TPSA) is 112 Å². The van der Waals surface area contributed by atoms with Gasteiger partial charge in [0.15, 0.2) is 5.03 Å². The van der Waals surface area contributed by atoms with Gasteiger partial charge >= 0.3 is 6.18 Å². The minimum atomic E-state index is -4.59. The number of aromatic nitrogens is 2. The lowest BCUT2D eigenvalue weighted by molar-refractivity contribution is -0.141. The number of nitriles is 1. The van der Waals surface area contributed by atoms with E-state index < -0.39 is 27.4 Å². The number of aryl methyl sites for hydroxylation is 1. The molecule has 244 valence electrons. The third kappa shape index (κ3) is 5.59. The van der Waals surface area contributed by atoms with E-state index in [0.29, 0.717) is 65.7 Å². The van der Waals surface area contributed by atoms with E-state index >= 15 is 0 Å². The molecule has 2 aliphatic heterocycles. The number of fused-ring (bicyclic) bond motifs is 1. The molecule has 2 aromatic carbocycles. The number of pyridine rings is 2. The van der Waals surface area contributed by atoms with Crippen molar-refractivity contribution in [3.63, 3.8) is 0 Å². The first kappa shape index (κ1) is 32.1. The fourth-order valence-electron chi connectivity index (χ4n) is 6.39. The Kier molecular flexibility index (Phi) is 8.23. The van der Waals surface area contributed by atoms with Crippen LogP contribution in [0.15, 0.2) is 78.1 Å². The molecule has 0 N–H and O–H groups in total. The largest absolute Gasteiger partial charge is 0.497 e. The van der Waals surface area contributed by atoms with Crippen molar-refractivity contribution in [2.24, 2.45) is 0 Å². The summed E-state index contributed by atoms with van der Waals surface area (Å²) in [4.78, 5) is 11.7. The van der Waals surface area contributed by atoms with Gasteiger partial charge in [0.1, 0.15) is 17.2 Å². The molecule has 2 aromatic heterocycles. The molecular weight excluding hydrogens is 633 g/mol. The molecule has 0 bridgehead atoms. The second-order valence-corrected chi connectivity index (χ2v) is 13.1. The van der Waals surface area contributed by atoms with Gasteiger partial charge in [-0.1, -0.05) is 6.07 Å². The van der Waals surface area contributed by atoms with Crippen molar-refractivity contribution in [3.8, 4) is 17.6 Å². The number of halogens is 3. The summed E-state index contributed by atoms with van der Waals surface area (Å²) in [5.74, 6) is 0.980. The summed E-state index contributed by atoms with van der Waals surface area (Å²) in [6, 6.07) is 18.1. The Labute approximate surface area is 270 Å². The number of anilines is 2. The quantitative estimate of drug-likeness (QED) is 0.271. The van der Waals surface area contributed by atoms with E-state index in [1.54, 1.807) is 48.5 Å².